The Hall–Kier alpha value is -2.35. The molecule has 1 heterocycles. The van der Waals surface area contributed by atoms with E-state index in [0.29, 0.717) is 11.3 Å². The maximum Gasteiger partial charge on any atom is 0.313 e. The highest BCUT2D eigenvalue weighted by Gasteiger charge is 2.18. The van der Waals surface area contributed by atoms with Gasteiger partial charge in [-0.3, -0.25) is 14.9 Å². The number of amides is 1. The van der Waals surface area contributed by atoms with E-state index in [1.54, 1.807) is 24.3 Å². The molecule has 27 heavy (non-hydrogen) atoms. The minimum absolute atomic E-state index is 0. The van der Waals surface area contributed by atoms with Crippen molar-refractivity contribution >= 4 is 35.6 Å². The van der Waals surface area contributed by atoms with Gasteiger partial charge in [0.25, 0.3) is 5.91 Å². The molecule has 3 rings (SSSR count). The predicted molar refractivity (Wildman–Crippen MR) is 105 cm³/mol. The molecule has 1 aliphatic rings. The number of rotatable bonds is 5. The van der Waals surface area contributed by atoms with Crippen LogP contribution in [-0.2, 0) is 0 Å². The minimum atomic E-state index is -0.554. The average Bonchev–Trinajstić information content (AvgIpc) is 2.64. The van der Waals surface area contributed by atoms with E-state index in [2.05, 4.69) is 10.6 Å². The average molecular weight is 412 g/mol. The van der Waals surface area contributed by atoms with Crippen LogP contribution in [0.4, 0.5) is 5.69 Å². The summed E-state index contributed by atoms with van der Waals surface area (Å²) in [5.74, 6) is 0.348. The first-order valence-electron chi connectivity index (χ1n) is 8.26. The molecule has 2 aromatic carbocycles. The second-order valence-corrected chi connectivity index (χ2v) is 6.43. The van der Waals surface area contributed by atoms with Gasteiger partial charge in [-0.25, -0.2) is 0 Å². The number of halogens is 2. The number of carbonyl (C=O) groups is 1. The predicted octanol–water partition coefficient (Wildman–Crippen LogP) is 3.94. The molecule has 0 radical (unpaired) electrons. The van der Waals surface area contributed by atoms with Crippen molar-refractivity contribution in [3.8, 4) is 11.5 Å². The maximum absolute atomic E-state index is 12.3. The van der Waals surface area contributed by atoms with E-state index >= 15 is 0 Å². The minimum Gasteiger partial charge on any atom is -0.450 e. The molecular weight excluding hydrogens is 393 g/mol. The van der Waals surface area contributed by atoms with E-state index in [1.807, 2.05) is 0 Å². The lowest BCUT2D eigenvalue weighted by atomic mass is 10.1. The van der Waals surface area contributed by atoms with Crippen molar-refractivity contribution in [2.45, 2.75) is 18.9 Å². The number of nitrogens with zero attached hydrogens (tertiary/aromatic N) is 1. The number of nitrogens with one attached hydrogen (secondary N) is 2. The Morgan fingerprint density at radius 1 is 1.19 bits per heavy atom. The topological polar surface area (TPSA) is 93.5 Å². The Morgan fingerprint density at radius 2 is 1.85 bits per heavy atom. The van der Waals surface area contributed by atoms with Crippen LogP contribution in [-0.4, -0.2) is 30.0 Å². The molecule has 0 aromatic heterocycles. The van der Waals surface area contributed by atoms with Crippen molar-refractivity contribution in [1.82, 2.24) is 10.6 Å². The number of nitro benzene ring substituents is 1. The van der Waals surface area contributed by atoms with Gasteiger partial charge in [0.05, 0.1) is 4.92 Å². The molecule has 1 amide bonds. The SMILES string of the molecule is Cl.O=C(NC1CCNCC1)c1ccc(Oc2ccc(Cl)cc2[N+](=O)[O-])cc1. The van der Waals surface area contributed by atoms with E-state index in [0.717, 1.165) is 25.9 Å². The highest BCUT2D eigenvalue weighted by Crippen LogP contribution is 2.33. The number of hydrogen-bond acceptors (Lipinski definition) is 5. The molecule has 0 atom stereocenters. The Labute approximate surface area is 167 Å². The number of ether oxygens (including phenoxy) is 1. The lowest BCUT2D eigenvalue weighted by Crippen LogP contribution is -2.42. The van der Waals surface area contributed by atoms with Gasteiger partial charge >= 0.3 is 5.69 Å². The van der Waals surface area contributed by atoms with Gasteiger partial charge in [-0.1, -0.05) is 11.6 Å². The van der Waals surface area contributed by atoms with E-state index in [1.165, 1.54) is 18.2 Å². The van der Waals surface area contributed by atoms with E-state index < -0.39 is 4.92 Å². The van der Waals surface area contributed by atoms with Crippen molar-refractivity contribution in [2.75, 3.05) is 13.1 Å². The molecule has 0 spiro atoms. The molecule has 0 unspecified atom stereocenters. The first kappa shape index (κ1) is 21.0. The largest absolute Gasteiger partial charge is 0.450 e. The molecule has 1 aliphatic heterocycles. The smallest absolute Gasteiger partial charge is 0.313 e. The Kier molecular flexibility index (Phi) is 7.41. The normalized spacial score (nSPS) is 14.1. The molecule has 0 bridgehead atoms. The lowest BCUT2D eigenvalue weighted by Gasteiger charge is -2.23. The van der Waals surface area contributed by atoms with Crippen LogP contribution in [0, 0.1) is 10.1 Å². The first-order chi connectivity index (χ1) is 12.5. The van der Waals surface area contributed by atoms with Gasteiger partial charge in [-0.2, -0.15) is 0 Å². The molecule has 7 nitrogen and oxygen atoms in total. The molecule has 2 aromatic rings. The summed E-state index contributed by atoms with van der Waals surface area (Å²) in [6.45, 7) is 1.80. The zero-order chi connectivity index (χ0) is 18.5. The van der Waals surface area contributed by atoms with E-state index in [4.69, 9.17) is 16.3 Å². The van der Waals surface area contributed by atoms with Crippen LogP contribution >= 0.6 is 24.0 Å². The molecular formula is C18H19Cl2N3O4. The van der Waals surface area contributed by atoms with Gasteiger partial charge in [0, 0.05) is 22.7 Å². The summed E-state index contributed by atoms with van der Waals surface area (Å²) >= 11 is 5.79. The fourth-order valence-electron chi connectivity index (χ4n) is 2.76. The van der Waals surface area contributed by atoms with Gasteiger partial charge in [0.1, 0.15) is 5.75 Å². The molecule has 144 valence electrons. The summed E-state index contributed by atoms with van der Waals surface area (Å²) in [4.78, 5) is 22.8. The van der Waals surface area contributed by atoms with Gasteiger partial charge in [-0.15, -0.1) is 12.4 Å². The van der Waals surface area contributed by atoms with Crippen LogP contribution in [0.1, 0.15) is 23.2 Å². The second kappa shape index (κ2) is 9.55. The van der Waals surface area contributed by atoms with Crippen molar-refractivity contribution in [3.63, 3.8) is 0 Å². The Morgan fingerprint density at radius 3 is 2.48 bits per heavy atom. The highest BCUT2D eigenvalue weighted by atomic mass is 35.5. The number of carbonyl (C=O) groups excluding carboxylic acids is 1. The van der Waals surface area contributed by atoms with E-state index in [9.17, 15) is 14.9 Å². The van der Waals surface area contributed by atoms with Gasteiger partial charge in [-0.05, 0) is 62.3 Å². The molecule has 1 saturated heterocycles. The number of benzene rings is 2. The fourth-order valence-corrected chi connectivity index (χ4v) is 2.92. The molecule has 1 fully saturated rings. The Balaban J connectivity index is 0.00000261. The molecule has 9 heteroatoms. The van der Waals surface area contributed by atoms with Crippen molar-refractivity contribution in [3.05, 3.63) is 63.2 Å². The summed E-state index contributed by atoms with van der Waals surface area (Å²) in [5.41, 5.74) is 0.298. The monoisotopic (exact) mass is 411 g/mol. The third kappa shape index (κ3) is 5.56. The van der Waals surface area contributed by atoms with Crippen LogP contribution in [0.5, 0.6) is 11.5 Å². The molecule has 0 saturated carbocycles. The molecule has 2 N–H and O–H groups in total. The summed E-state index contributed by atoms with van der Waals surface area (Å²) in [7, 11) is 0. The van der Waals surface area contributed by atoms with Gasteiger partial charge < -0.3 is 15.4 Å². The molecule has 0 aliphatic carbocycles. The van der Waals surface area contributed by atoms with E-state index in [-0.39, 0.29) is 40.8 Å². The van der Waals surface area contributed by atoms with Crippen molar-refractivity contribution in [1.29, 1.82) is 0 Å². The quantitative estimate of drug-likeness (QED) is 0.573. The standard InChI is InChI=1S/C18H18ClN3O4.ClH/c19-13-3-6-17(16(11-13)22(24)25)26-15-4-1-12(2-5-15)18(23)21-14-7-9-20-10-8-14;/h1-6,11,14,20H,7-10H2,(H,21,23);1H. The van der Waals surface area contributed by atoms with Crippen molar-refractivity contribution < 1.29 is 14.5 Å². The van der Waals surface area contributed by atoms with Crippen molar-refractivity contribution in [2.24, 2.45) is 0 Å². The number of nitro groups is 1. The van der Waals surface area contributed by atoms with Crippen LogP contribution in [0.2, 0.25) is 5.02 Å². The highest BCUT2D eigenvalue weighted by molar-refractivity contribution is 6.30. The third-order valence-corrected chi connectivity index (χ3v) is 4.37. The summed E-state index contributed by atoms with van der Waals surface area (Å²) in [6, 6.07) is 10.9. The van der Waals surface area contributed by atoms with Crippen LogP contribution in [0.25, 0.3) is 0 Å². The maximum atomic E-state index is 12.3. The number of hydrogen-bond donors (Lipinski definition) is 2. The first-order valence-corrected chi connectivity index (χ1v) is 8.64. The summed E-state index contributed by atoms with van der Waals surface area (Å²) < 4.78 is 5.57. The number of piperidine rings is 1. The van der Waals surface area contributed by atoms with Crippen LogP contribution < -0.4 is 15.4 Å². The Bertz CT molecular complexity index is 809. The van der Waals surface area contributed by atoms with Gasteiger partial charge in [0.15, 0.2) is 0 Å². The zero-order valence-electron chi connectivity index (χ0n) is 14.3. The lowest BCUT2D eigenvalue weighted by molar-refractivity contribution is -0.385. The van der Waals surface area contributed by atoms with Crippen LogP contribution in [0.15, 0.2) is 42.5 Å². The van der Waals surface area contributed by atoms with Gasteiger partial charge in [0.2, 0.25) is 5.75 Å². The third-order valence-electron chi connectivity index (χ3n) is 4.14. The summed E-state index contributed by atoms with van der Waals surface area (Å²) in [5, 5.41) is 17.6. The summed E-state index contributed by atoms with van der Waals surface area (Å²) in [6.07, 6.45) is 1.82. The van der Waals surface area contributed by atoms with Crippen LogP contribution in [0.3, 0.4) is 0 Å². The fraction of sp³-hybridized carbons (Fsp3) is 0.278. The second-order valence-electron chi connectivity index (χ2n) is 5.99. The zero-order valence-corrected chi connectivity index (χ0v) is 15.9.